The van der Waals surface area contributed by atoms with E-state index >= 15 is 0 Å². The third-order valence-electron chi connectivity index (χ3n) is 4.46. The smallest absolute Gasteiger partial charge is 0.256 e. The fourth-order valence-corrected chi connectivity index (χ4v) is 3.30. The lowest BCUT2D eigenvalue weighted by Gasteiger charge is -2.20. The molecule has 0 radical (unpaired) electrons. The molecule has 0 bridgehead atoms. The van der Waals surface area contributed by atoms with Crippen LogP contribution >= 0.6 is 0 Å². The van der Waals surface area contributed by atoms with Crippen LogP contribution in [-0.4, -0.2) is 10.8 Å². The Balaban J connectivity index is 1.83. The molecule has 1 amide bonds. The Morgan fingerprint density at radius 2 is 1.79 bits per heavy atom. The molecule has 1 heterocycles. The van der Waals surface area contributed by atoms with Crippen LogP contribution in [-0.2, 0) is 6.54 Å². The third kappa shape index (κ3) is 2.06. The molecule has 0 N–H and O–H groups in total. The number of halogens is 1. The Bertz CT molecular complexity index is 1010. The van der Waals surface area contributed by atoms with E-state index in [9.17, 15) is 14.4 Å². The van der Waals surface area contributed by atoms with Crippen LogP contribution in [0.15, 0.2) is 60.7 Å². The van der Waals surface area contributed by atoms with Gasteiger partial charge in [-0.05, 0) is 16.8 Å². The first kappa shape index (κ1) is 14.4. The molecule has 1 unspecified atom stereocenters. The highest BCUT2D eigenvalue weighted by atomic mass is 19.1. The highest BCUT2D eigenvalue weighted by molar-refractivity contribution is 6.11. The van der Waals surface area contributed by atoms with Crippen LogP contribution in [0.2, 0.25) is 0 Å². The standard InChI is InChI=1S/C20H13FN2O/c21-17-8-4-2-6-14(17)12-23-18(11-22)16-10-9-13-5-1-3-7-15(13)19(16)20(23)24/h1-10,18H,12H2. The number of amides is 1. The highest BCUT2D eigenvalue weighted by Gasteiger charge is 2.38. The number of nitriles is 1. The quantitative estimate of drug-likeness (QED) is 0.711. The van der Waals surface area contributed by atoms with Crippen LogP contribution in [0.25, 0.3) is 10.8 Å². The Kier molecular flexibility index (Phi) is 3.28. The molecule has 0 aliphatic carbocycles. The van der Waals surface area contributed by atoms with E-state index in [0.29, 0.717) is 16.7 Å². The number of carbonyl (C=O) groups excluding carboxylic acids is 1. The van der Waals surface area contributed by atoms with Crippen LogP contribution in [0.1, 0.15) is 27.5 Å². The number of nitrogens with zero attached hydrogens (tertiary/aromatic N) is 2. The second-order valence-electron chi connectivity index (χ2n) is 5.81. The van der Waals surface area contributed by atoms with Gasteiger partial charge in [0, 0.05) is 11.1 Å². The molecule has 3 nitrogen and oxygen atoms in total. The van der Waals surface area contributed by atoms with E-state index in [0.717, 1.165) is 10.8 Å². The summed E-state index contributed by atoms with van der Waals surface area (Å²) in [6, 6.07) is 19.2. The molecule has 4 rings (SSSR count). The van der Waals surface area contributed by atoms with E-state index in [2.05, 4.69) is 6.07 Å². The van der Waals surface area contributed by atoms with Gasteiger partial charge in [-0.3, -0.25) is 4.79 Å². The zero-order chi connectivity index (χ0) is 16.7. The summed E-state index contributed by atoms with van der Waals surface area (Å²) in [5.41, 5.74) is 1.65. The SMILES string of the molecule is N#CC1c2ccc3ccccc3c2C(=O)N1Cc1ccccc1F. The third-order valence-corrected chi connectivity index (χ3v) is 4.46. The van der Waals surface area contributed by atoms with Crippen LogP contribution in [0.5, 0.6) is 0 Å². The number of carbonyl (C=O) groups is 1. The van der Waals surface area contributed by atoms with Crippen LogP contribution in [0.3, 0.4) is 0 Å². The van der Waals surface area contributed by atoms with Gasteiger partial charge in [0.1, 0.15) is 11.9 Å². The topological polar surface area (TPSA) is 44.1 Å². The molecule has 0 fully saturated rings. The van der Waals surface area contributed by atoms with Gasteiger partial charge in [0.05, 0.1) is 18.2 Å². The summed E-state index contributed by atoms with van der Waals surface area (Å²) in [6.07, 6.45) is 0. The lowest BCUT2D eigenvalue weighted by atomic mass is 9.98. The van der Waals surface area contributed by atoms with E-state index in [1.165, 1.54) is 11.0 Å². The van der Waals surface area contributed by atoms with Gasteiger partial charge < -0.3 is 4.90 Å². The average Bonchev–Trinajstić information content (AvgIpc) is 2.89. The van der Waals surface area contributed by atoms with E-state index in [4.69, 9.17) is 0 Å². The molecule has 3 aromatic rings. The maximum Gasteiger partial charge on any atom is 0.256 e. The van der Waals surface area contributed by atoms with Crippen molar-refractivity contribution in [2.24, 2.45) is 0 Å². The Labute approximate surface area is 138 Å². The van der Waals surface area contributed by atoms with E-state index in [-0.39, 0.29) is 18.3 Å². The summed E-state index contributed by atoms with van der Waals surface area (Å²) in [6.45, 7) is 0.0761. The molecular weight excluding hydrogens is 303 g/mol. The van der Waals surface area contributed by atoms with Crippen molar-refractivity contribution in [3.63, 3.8) is 0 Å². The highest BCUT2D eigenvalue weighted by Crippen LogP contribution is 2.38. The predicted molar refractivity (Wildman–Crippen MR) is 88.6 cm³/mol. The second-order valence-corrected chi connectivity index (χ2v) is 5.81. The maximum atomic E-state index is 14.0. The van der Waals surface area contributed by atoms with E-state index in [1.54, 1.807) is 18.2 Å². The Morgan fingerprint density at radius 3 is 2.58 bits per heavy atom. The second kappa shape index (κ2) is 5.47. The van der Waals surface area contributed by atoms with Gasteiger partial charge in [-0.25, -0.2) is 4.39 Å². The largest absolute Gasteiger partial charge is 0.314 e. The normalized spacial score (nSPS) is 16.2. The van der Waals surface area contributed by atoms with Gasteiger partial charge in [0.2, 0.25) is 0 Å². The molecular formula is C20H13FN2O. The molecule has 0 saturated heterocycles. The minimum atomic E-state index is -0.697. The molecule has 4 heteroatoms. The predicted octanol–water partition coefficient (Wildman–Crippen LogP) is 4.20. The summed E-state index contributed by atoms with van der Waals surface area (Å²) in [7, 11) is 0. The Hall–Kier alpha value is -3.19. The minimum absolute atomic E-state index is 0.0761. The van der Waals surface area contributed by atoms with E-state index in [1.807, 2.05) is 36.4 Å². The fourth-order valence-electron chi connectivity index (χ4n) is 3.30. The van der Waals surface area contributed by atoms with Crippen molar-refractivity contribution in [2.75, 3.05) is 0 Å². The molecule has 0 saturated carbocycles. The van der Waals surface area contributed by atoms with Crippen molar-refractivity contribution in [2.45, 2.75) is 12.6 Å². The van der Waals surface area contributed by atoms with Crippen molar-refractivity contribution in [3.8, 4) is 6.07 Å². The summed E-state index contributed by atoms with van der Waals surface area (Å²) in [5.74, 6) is -0.598. The average molecular weight is 316 g/mol. The fraction of sp³-hybridized carbons (Fsp3) is 0.100. The van der Waals surface area contributed by atoms with Crippen molar-refractivity contribution in [1.29, 1.82) is 5.26 Å². The number of hydrogen-bond acceptors (Lipinski definition) is 2. The number of benzene rings is 3. The first-order valence-corrected chi connectivity index (χ1v) is 7.66. The summed E-state index contributed by atoms with van der Waals surface area (Å²) in [4.78, 5) is 14.4. The van der Waals surface area contributed by atoms with Crippen molar-refractivity contribution in [1.82, 2.24) is 4.90 Å². The van der Waals surface area contributed by atoms with Gasteiger partial charge in [0.15, 0.2) is 0 Å². The number of hydrogen-bond donors (Lipinski definition) is 0. The molecule has 116 valence electrons. The van der Waals surface area contributed by atoms with Gasteiger partial charge in [-0.2, -0.15) is 5.26 Å². The molecule has 1 atom stereocenters. The summed E-state index contributed by atoms with van der Waals surface area (Å²) >= 11 is 0. The van der Waals surface area contributed by atoms with Gasteiger partial charge in [0.25, 0.3) is 5.91 Å². The molecule has 0 spiro atoms. The minimum Gasteiger partial charge on any atom is -0.314 e. The van der Waals surface area contributed by atoms with Crippen LogP contribution in [0.4, 0.5) is 4.39 Å². The van der Waals surface area contributed by atoms with Gasteiger partial charge in [-0.1, -0.05) is 54.6 Å². The lowest BCUT2D eigenvalue weighted by Crippen LogP contribution is -2.27. The van der Waals surface area contributed by atoms with Crippen molar-refractivity contribution >= 4 is 16.7 Å². The maximum absolute atomic E-state index is 14.0. The van der Waals surface area contributed by atoms with Crippen LogP contribution < -0.4 is 0 Å². The number of fused-ring (bicyclic) bond motifs is 3. The number of rotatable bonds is 2. The summed E-state index contributed by atoms with van der Waals surface area (Å²) < 4.78 is 14.0. The molecule has 24 heavy (non-hydrogen) atoms. The lowest BCUT2D eigenvalue weighted by molar-refractivity contribution is 0.0744. The summed E-state index contributed by atoms with van der Waals surface area (Å²) in [5, 5.41) is 11.4. The zero-order valence-corrected chi connectivity index (χ0v) is 12.7. The first-order valence-electron chi connectivity index (χ1n) is 7.66. The van der Waals surface area contributed by atoms with Gasteiger partial charge in [-0.15, -0.1) is 0 Å². The molecule has 3 aromatic carbocycles. The molecule has 1 aliphatic rings. The first-order chi connectivity index (χ1) is 11.7. The van der Waals surface area contributed by atoms with Crippen molar-refractivity contribution < 1.29 is 9.18 Å². The van der Waals surface area contributed by atoms with Crippen LogP contribution in [0, 0.1) is 17.1 Å². The molecule has 1 aliphatic heterocycles. The monoisotopic (exact) mass is 316 g/mol. The Morgan fingerprint density at radius 1 is 1.04 bits per heavy atom. The van der Waals surface area contributed by atoms with E-state index < -0.39 is 6.04 Å². The van der Waals surface area contributed by atoms with Crippen molar-refractivity contribution in [3.05, 3.63) is 83.2 Å². The molecule has 0 aromatic heterocycles. The zero-order valence-electron chi connectivity index (χ0n) is 12.7. The van der Waals surface area contributed by atoms with Gasteiger partial charge >= 0.3 is 0 Å².